The van der Waals surface area contributed by atoms with E-state index in [2.05, 4.69) is 24.1 Å². The highest BCUT2D eigenvalue weighted by Crippen LogP contribution is 2.25. The van der Waals surface area contributed by atoms with Crippen LogP contribution in [-0.4, -0.2) is 56.5 Å². The van der Waals surface area contributed by atoms with E-state index in [0.717, 1.165) is 37.3 Å². The summed E-state index contributed by atoms with van der Waals surface area (Å²) in [5.41, 5.74) is 0. The lowest BCUT2D eigenvalue weighted by atomic mass is 9.95. The molecule has 3 fully saturated rings. The minimum Gasteiger partial charge on any atom is -0.354 e. The van der Waals surface area contributed by atoms with E-state index in [9.17, 15) is 8.42 Å². The fourth-order valence-corrected chi connectivity index (χ4v) is 6.63. The van der Waals surface area contributed by atoms with E-state index in [-0.39, 0.29) is 29.9 Å². The SMILES string of the molecule is CC(C)CC1CCN(C(=NCC2CCS(=O)(=O)C2)NC2CCCCC2)C1.I. The first-order chi connectivity index (χ1) is 12.4. The van der Waals surface area contributed by atoms with Gasteiger partial charge in [0.1, 0.15) is 0 Å². The zero-order chi connectivity index (χ0) is 18.6. The lowest BCUT2D eigenvalue weighted by Crippen LogP contribution is -2.46. The average Bonchev–Trinajstić information content (AvgIpc) is 3.18. The molecule has 0 amide bonds. The number of nitrogens with one attached hydrogen (secondary N) is 1. The van der Waals surface area contributed by atoms with Gasteiger partial charge in [-0.1, -0.05) is 33.1 Å². The fraction of sp³-hybridized carbons (Fsp3) is 0.950. The van der Waals surface area contributed by atoms with Crippen molar-refractivity contribution in [2.75, 3.05) is 31.1 Å². The molecule has 7 heteroatoms. The molecule has 27 heavy (non-hydrogen) atoms. The molecule has 0 aromatic carbocycles. The highest BCUT2D eigenvalue weighted by molar-refractivity contribution is 14.0. The van der Waals surface area contributed by atoms with Crippen molar-refractivity contribution in [3.63, 3.8) is 0 Å². The lowest BCUT2D eigenvalue weighted by Gasteiger charge is -2.29. The normalized spacial score (nSPS) is 29.1. The zero-order valence-electron chi connectivity index (χ0n) is 17.0. The van der Waals surface area contributed by atoms with Gasteiger partial charge in [-0.15, -0.1) is 24.0 Å². The second-order valence-corrected chi connectivity index (χ2v) is 11.4. The van der Waals surface area contributed by atoms with Crippen LogP contribution >= 0.6 is 24.0 Å². The molecule has 1 aliphatic carbocycles. The summed E-state index contributed by atoms with van der Waals surface area (Å²) in [5.74, 6) is 3.43. The van der Waals surface area contributed by atoms with E-state index >= 15 is 0 Å². The molecule has 2 unspecified atom stereocenters. The molecule has 0 aromatic rings. The zero-order valence-corrected chi connectivity index (χ0v) is 20.2. The number of nitrogens with zero attached hydrogens (tertiary/aromatic N) is 2. The van der Waals surface area contributed by atoms with Gasteiger partial charge in [0.25, 0.3) is 0 Å². The largest absolute Gasteiger partial charge is 0.354 e. The Labute approximate surface area is 183 Å². The summed E-state index contributed by atoms with van der Waals surface area (Å²) in [6.45, 7) is 7.44. The first kappa shape index (κ1) is 23.2. The van der Waals surface area contributed by atoms with Crippen LogP contribution in [0.5, 0.6) is 0 Å². The highest BCUT2D eigenvalue weighted by Gasteiger charge is 2.30. The Morgan fingerprint density at radius 3 is 2.48 bits per heavy atom. The molecule has 2 heterocycles. The predicted molar refractivity (Wildman–Crippen MR) is 124 cm³/mol. The van der Waals surface area contributed by atoms with E-state index in [1.807, 2.05) is 0 Å². The molecule has 0 radical (unpaired) electrons. The van der Waals surface area contributed by atoms with Crippen LogP contribution in [0.2, 0.25) is 0 Å². The van der Waals surface area contributed by atoms with Gasteiger partial charge in [-0.05, 0) is 49.9 Å². The number of likely N-dealkylation sites (tertiary alicyclic amines) is 1. The molecule has 0 bridgehead atoms. The molecule has 2 saturated heterocycles. The Bertz CT molecular complexity index is 588. The minimum absolute atomic E-state index is 0. The van der Waals surface area contributed by atoms with Gasteiger partial charge in [0.2, 0.25) is 0 Å². The van der Waals surface area contributed by atoms with Crippen molar-refractivity contribution in [2.24, 2.45) is 22.7 Å². The van der Waals surface area contributed by atoms with Crippen LogP contribution < -0.4 is 5.32 Å². The van der Waals surface area contributed by atoms with Crippen LogP contribution in [0.1, 0.15) is 65.2 Å². The number of sulfone groups is 1. The fourth-order valence-electron chi connectivity index (χ4n) is 4.78. The predicted octanol–water partition coefficient (Wildman–Crippen LogP) is 3.69. The van der Waals surface area contributed by atoms with Gasteiger partial charge in [-0.3, -0.25) is 4.99 Å². The van der Waals surface area contributed by atoms with Gasteiger partial charge in [-0.2, -0.15) is 0 Å². The quantitative estimate of drug-likeness (QED) is 0.348. The Morgan fingerprint density at radius 2 is 1.85 bits per heavy atom. The lowest BCUT2D eigenvalue weighted by molar-refractivity contribution is 0.374. The Hall–Kier alpha value is -0.0500. The molecular formula is C20H38IN3O2S. The second kappa shape index (κ2) is 10.6. The average molecular weight is 512 g/mol. The van der Waals surface area contributed by atoms with Crippen molar-refractivity contribution in [3.05, 3.63) is 0 Å². The molecule has 5 nitrogen and oxygen atoms in total. The molecule has 0 aromatic heterocycles. The maximum Gasteiger partial charge on any atom is 0.194 e. The summed E-state index contributed by atoms with van der Waals surface area (Å²) in [6, 6.07) is 0.541. The summed E-state index contributed by atoms with van der Waals surface area (Å²) in [6.07, 6.45) is 9.75. The third-order valence-corrected chi connectivity index (χ3v) is 7.99. The van der Waals surface area contributed by atoms with E-state index in [4.69, 9.17) is 4.99 Å². The van der Waals surface area contributed by atoms with Crippen molar-refractivity contribution >= 4 is 39.8 Å². The van der Waals surface area contributed by atoms with Crippen molar-refractivity contribution in [3.8, 4) is 0 Å². The Morgan fingerprint density at radius 1 is 1.11 bits per heavy atom. The number of guanidine groups is 1. The van der Waals surface area contributed by atoms with E-state index in [1.54, 1.807) is 0 Å². The molecule has 1 N–H and O–H groups in total. The Balaban J connectivity index is 0.00000261. The third kappa shape index (κ3) is 7.37. The standard InChI is InChI=1S/C20H37N3O2S.HI/c1-16(2)12-17-8-10-23(14-17)20(22-19-6-4-3-5-7-19)21-13-18-9-11-26(24,25)15-18;/h16-19H,3-15H2,1-2H3,(H,21,22);1H. The van der Waals surface area contributed by atoms with Crippen molar-refractivity contribution < 1.29 is 8.42 Å². The number of hydrogen-bond acceptors (Lipinski definition) is 3. The van der Waals surface area contributed by atoms with E-state index < -0.39 is 9.84 Å². The van der Waals surface area contributed by atoms with E-state index in [0.29, 0.717) is 24.1 Å². The maximum atomic E-state index is 11.7. The van der Waals surface area contributed by atoms with Crippen LogP contribution in [0, 0.1) is 17.8 Å². The number of rotatable bonds is 5. The molecule has 2 atom stereocenters. The van der Waals surface area contributed by atoms with Gasteiger partial charge < -0.3 is 10.2 Å². The number of aliphatic imine (C=N–C) groups is 1. The van der Waals surface area contributed by atoms with Gasteiger partial charge in [0.05, 0.1) is 11.5 Å². The molecule has 3 aliphatic rings. The summed E-state index contributed by atoms with van der Waals surface area (Å²) in [7, 11) is -2.82. The monoisotopic (exact) mass is 511 g/mol. The van der Waals surface area contributed by atoms with Crippen LogP contribution in [0.4, 0.5) is 0 Å². The van der Waals surface area contributed by atoms with Crippen LogP contribution in [0.3, 0.4) is 0 Å². The molecule has 0 spiro atoms. The molecule has 2 aliphatic heterocycles. The molecular weight excluding hydrogens is 473 g/mol. The molecule has 1 saturated carbocycles. The Kier molecular flexibility index (Phi) is 9.16. The van der Waals surface area contributed by atoms with Crippen LogP contribution in [0.25, 0.3) is 0 Å². The van der Waals surface area contributed by atoms with Gasteiger partial charge >= 0.3 is 0 Å². The topological polar surface area (TPSA) is 61.8 Å². The summed E-state index contributed by atoms with van der Waals surface area (Å²) in [4.78, 5) is 7.36. The molecule has 3 rings (SSSR count). The first-order valence-corrected chi connectivity index (χ1v) is 12.5. The number of hydrogen-bond donors (Lipinski definition) is 1. The van der Waals surface area contributed by atoms with Crippen molar-refractivity contribution in [1.82, 2.24) is 10.2 Å². The van der Waals surface area contributed by atoms with Crippen LogP contribution in [-0.2, 0) is 9.84 Å². The molecule has 158 valence electrons. The first-order valence-electron chi connectivity index (χ1n) is 10.7. The van der Waals surface area contributed by atoms with E-state index in [1.165, 1.54) is 44.9 Å². The smallest absolute Gasteiger partial charge is 0.194 e. The summed E-state index contributed by atoms with van der Waals surface area (Å²) >= 11 is 0. The van der Waals surface area contributed by atoms with Gasteiger partial charge in [-0.25, -0.2) is 8.42 Å². The number of halogens is 1. The van der Waals surface area contributed by atoms with Crippen molar-refractivity contribution in [1.29, 1.82) is 0 Å². The summed E-state index contributed by atoms with van der Waals surface area (Å²) < 4.78 is 23.5. The van der Waals surface area contributed by atoms with Crippen LogP contribution in [0.15, 0.2) is 4.99 Å². The van der Waals surface area contributed by atoms with Gasteiger partial charge in [0.15, 0.2) is 15.8 Å². The minimum atomic E-state index is -2.82. The van der Waals surface area contributed by atoms with Crippen molar-refractivity contribution in [2.45, 2.75) is 71.3 Å². The summed E-state index contributed by atoms with van der Waals surface area (Å²) in [5, 5.41) is 3.74. The second-order valence-electron chi connectivity index (χ2n) is 9.14. The maximum absolute atomic E-state index is 11.7. The highest BCUT2D eigenvalue weighted by atomic mass is 127. The van der Waals surface area contributed by atoms with Gasteiger partial charge in [0, 0.05) is 25.7 Å². The third-order valence-electron chi connectivity index (χ3n) is 6.15.